The Bertz CT molecular complexity index is 1110. The van der Waals surface area contributed by atoms with E-state index in [1.807, 2.05) is 41.3 Å². The fraction of sp³-hybridized carbons (Fsp3) is 0.400. The molecule has 0 unspecified atom stereocenters. The van der Waals surface area contributed by atoms with Crippen LogP contribution in [0.5, 0.6) is 17.2 Å². The van der Waals surface area contributed by atoms with Crippen molar-refractivity contribution in [2.75, 3.05) is 57.2 Å². The number of hydrogen-bond donors (Lipinski definition) is 1. The molecule has 1 fully saturated rings. The number of hydrogen-bond acceptors (Lipinski definition) is 7. The van der Waals surface area contributed by atoms with E-state index in [0.717, 1.165) is 41.0 Å². The van der Waals surface area contributed by atoms with Crippen LogP contribution in [0.15, 0.2) is 42.7 Å². The number of piperazine rings is 1. The summed E-state index contributed by atoms with van der Waals surface area (Å²) in [6, 6.07) is 11.1. The van der Waals surface area contributed by atoms with Gasteiger partial charge in [0.2, 0.25) is 0 Å². The van der Waals surface area contributed by atoms with E-state index in [2.05, 4.69) is 27.1 Å². The molecule has 0 radical (unpaired) electrons. The highest BCUT2D eigenvalue weighted by Crippen LogP contribution is 2.35. The van der Waals surface area contributed by atoms with Gasteiger partial charge in [-0.3, -0.25) is 0 Å². The van der Waals surface area contributed by atoms with Crippen LogP contribution in [-0.4, -0.2) is 67.9 Å². The summed E-state index contributed by atoms with van der Waals surface area (Å²) in [5, 5.41) is 3.86. The van der Waals surface area contributed by atoms with Crippen LogP contribution in [0.2, 0.25) is 0 Å². The van der Waals surface area contributed by atoms with Crippen LogP contribution in [0.25, 0.3) is 10.9 Å². The normalized spacial score (nSPS) is 13.6. The number of anilines is 2. The zero-order valence-electron chi connectivity index (χ0n) is 19.9. The first kappa shape index (κ1) is 23.4. The van der Waals surface area contributed by atoms with E-state index in [9.17, 15) is 4.79 Å². The van der Waals surface area contributed by atoms with Gasteiger partial charge in [0, 0.05) is 43.3 Å². The predicted octanol–water partition coefficient (Wildman–Crippen LogP) is 4.18. The first-order chi connectivity index (χ1) is 16.6. The van der Waals surface area contributed by atoms with Crippen LogP contribution in [0.3, 0.4) is 0 Å². The van der Waals surface area contributed by atoms with Crippen LogP contribution in [-0.2, 0) is 0 Å². The van der Waals surface area contributed by atoms with E-state index < -0.39 is 0 Å². The van der Waals surface area contributed by atoms with E-state index in [-0.39, 0.29) is 6.03 Å². The Balaban J connectivity index is 1.37. The van der Waals surface area contributed by atoms with Gasteiger partial charge in [-0.25, -0.2) is 14.8 Å². The molecule has 1 saturated heterocycles. The van der Waals surface area contributed by atoms with Gasteiger partial charge in [0.25, 0.3) is 0 Å². The summed E-state index contributed by atoms with van der Waals surface area (Å²) in [7, 11) is 3.21. The SMILES string of the molecule is CCCCOc1ccc(NC(=O)N2CCN(c3ncnc4cc(OC)c(OC)cc34)CC2)cc1. The maximum absolute atomic E-state index is 12.8. The molecule has 9 nitrogen and oxygen atoms in total. The van der Waals surface area contributed by atoms with Crippen molar-refractivity contribution in [1.29, 1.82) is 0 Å². The van der Waals surface area contributed by atoms with Gasteiger partial charge in [-0.2, -0.15) is 0 Å². The smallest absolute Gasteiger partial charge is 0.321 e. The van der Waals surface area contributed by atoms with E-state index in [0.29, 0.717) is 44.3 Å². The summed E-state index contributed by atoms with van der Waals surface area (Å²) in [5.74, 6) is 2.89. The van der Waals surface area contributed by atoms with E-state index >= 15 is 0 Å². The Morgan fingerprint density at radius 1 is 1.00 bits per heavy atom. The molecule has 2 aromatic carbocycles. The summed E-state index contributed by atoms with van der Waals surface area (Å²) in [6.07, 6.45) is 3.67. The van der Waals surface area contributed by atoms with Gasteiger partial charge < -0.3 is 29.3 Å². The zero-order chi connectivity index (χ0) is 23.9. The minimum atomic E-state index is -0.113. The second-order valence-corrected chi connectivity index (χ2v) is 8.05. The molecule has 4 rings (SSSR count). The highest BCUT2D eigenvalue weighted by Gasteiger charge is 2.24. The second-order valence-electron chi connectivity index (χ2n) is 8.05. The van der Waals surface area contributed by atoms with Crippen molar-refractivity contribution in [3.8, 4) is 17.2 Å². The first-order valence-electron chi connectivity index (χ1n) is 11.5. The van der Waals surface area contributed by atoms with Gasteiger partial charge in [0.15, 0.2) is 11.5 Å². The van der Waals surface area contributed by atoms with Gasteiger partial charge in [-0.1, -0.05) is 13.3 Å². The number of rotatable bonds is 8. The molecule has 1 N–H and O–H groups in total. The van der Waals surface area contributed by atoms with E-state index in [1.54, 1.807) is 20.5 Å². The van der Waals surface area contributed by atoms with Crippen molar-refractivity contribution >= 4 is 28.4 Å². The standard InChI is InChI=1S/C25H31N5O4/c1-4-5-14-34-19-8-6-18(7-9-19)28-25(31)30-12-10-29(11-13-30)24-20-15-22(32-2)23(33-3)16-21(20)26-17-27-24/h6-9,15-17H,4-5,10-14H2,1-3H3,(H,28,31). The summed E-state index contributed by atoms with van der Waals surface area (Å²) < 4.78 is 16.5. The second kappa shape index (κ2) is 10.9. The maximum atomic E-state index is 12.8. The Morgan fingerprint density at radius 3 is 2.38 bits per heavy atom. The third kappa shape index (κ3) is 5.24. The average Bonchev–Trinajstić information content (AvgIpc) is 2.88. The molecule has 0 atom stereocenters. The van der Waals surface area contributed by atoms with E-state index in [4.69, 9.17) is 14.2 Å². The quantitative estimate of drug-likeness (QED) is 0.499. The Morgan fingerprint density at radius 2 is 1.71 bits per heavy atom. The Labute approximate surface area is 199 Å². The number of benzene rings is 2. The molecule has 0 spiro atoms. The van der Waals surface area contributed by atoms with Crippen LogP contribution in [0, 0.1) is 0 Å². The zero-order valence-corrected chi connectivity index (χ0v) is 19.9. The highest BCUT2D eigenvalue weighted by atomic mass is 16.5. The molecule has 2 amide bonds. The monoisotopic (exact) mass is 465 g/mol. The minimum absolute atomic E-state index is 0.113. The number of urea groups is 1. The van der Waals surface area contributed by atoms with Crippen LogP contribution < -0.4 is 24.4 Å². The summed E-state index contributed by atoms with van der Waals surface area (Å²) >= 11 is 0. The molecular weight excluding hydrogens is 434 g/mol. The number of methoxy groups -OCH3 is 2. The molecule has 0 saturated carbocycles. The Hall–Kier alpha value is -3.75. The number of ether oxygens (including phenoxy) is 3. The molecule has 1 aliphatic heterocycles. The topological polar surface area (TPSA) is 89.1 Å². The number of fused-ring (bicyclic) bond motifs is 1. The fourth-order valence-electron chi connectivity index (χ4n) is 3.91. The average molecular weight is 466 g/mol. The number of aromatic nitrogens is 2. The van der Waals surface area contributed by atoms with Gasteiger partial charge >= 0.3 is 6.03 Å². The van der Waals surface area contributed by atoms with Crippen molar-refractivity contribution in [3.63, 3.8) is 0 Å². The van der Waals surface area contributed by atoms with Crippen LogP contribution >= 0.6 is 0 Å². The van der Waals surface area contributed by atoms with Gasteiger partial charge in [0.1, 0.15) is 17.9 Å². The Kier molecular flexibility index (Phi) is 7.51. The summed E-state index contributed by atoms with van der Waals surface area (Å²) in [6.45, 7) is 5.34. The third-order valence-corrected chi connectivity index (χ3v) is 5.86. The number of unbranched alkanes of at least 4 members (excludes halogenated alkanes) is 1. The molecule has 0 aliphatic carbocycles. The number of nitrogens with zero attached hydrogens (tertiary/aromatic N) is 4. The van der Waals surface area contributed by atoms with Crippen molar-refractivity contribution in [2.45, 2.75) is 19.8 Å². The lowest BCUT2D eigenvalue weighted by molar-refractivity contribution is 0.208. The number of nitrogens with one attached hydrogen (secondary N) is 1. The van der Waals surface area contributed by atoms with Crippen LogP contribution in [0.4, 0.5) is 16.3 Å². The lowest BCUT2D eigenvalue weighted by Gasteiger charge is -2.35. The number of amides is 2. The van der Waals surface area contributed by atoms with E-state index in [1.165, 1.54) is 0 Å². The molecule has 0 bridgehead atoms. The van der Waals surface area contributed by atoms with Gasteiger partial charge in [0.05, 0.1) is 26.3 Å². The molecule has 1 aromatic heterocycles. The minimum Gasteiger partial charge on any atom is -0.494 e. The lowest BCUT2D eigenvalue weighted by Crippen LogP contribution is -2.50. The molecule has 2 heterocycles. The van der Waals surface area contributed by atoms with Crippen LogP contribution in [0.1, 0.15) is 19.8 Å². The molecule has 9 heteroatoms. The van der Waals surface area contributed by atoms with Gasteiger partial charge in [-0.15, -0.1) is 0 Å². The summed E-state index contributed by atoms with van der Waals surface area (Å²) in [5.41, 5.74) is 1.53. The number of carbonyl (C=O) groups is 1. The summed E-state index contributed by atoms with van der Waals surface area (Å²) in [4.78, 5) is 25.7. The van der Waals surface area contributed by atoms with Crippen molar-refractivity contribution in [1.82, 2.24) is 14.9 Å². The molecular formula is C25H31N5O4. The molecule has 1 aliphatic rings. The van der Waals surface area contributed by atoms with Crippen molar-refractivity contribution in [2.24, 2.45) is 0 Å². The highest BCUT2D eigenvalue weighted by molar-refractivity contribution is 5.92. The first-order valence-corrected chi connectivity index (χ1v) is 11.5. The van der Waals surface area contributed by atoms with Gasteiger partial charge in [-0.05, 0) is 36.8 Å². The third-order valence-electron chi connectivity index (χ3n) is 5.86. The largest absolute Gasteiger partial charge is 0.494 e. The molecule has 3 aromatic rings. The molecule has 34 heavy (non-hydrogen) atoms. The lowest BCUT2D eigenvalue weighted by atomic mass is 10.2. The predicted molar refractivity (Wildman–Crippen MR) is 132 cm³/mol. The maximum Gasteiger partial charge on any atom is 0.321 e. The number of carbonyl (C=O) groups excluding carboxylic acids is 1. The van der Waals surface area contributed by atoms with Crippen molar-refractivity contribution in [3.05, 3.63) is 42.7 Å². The molecule has 180 valence electrons. The van der Waals surface area contributed by atoms with Crippen molar-refractivity contribution < 1.29 is 19.0 Å². The fourth-order valence-corrected chi connectivity index (χ4v) is 3.91.